The van der Waals surface area contributed by atoms with Crippen molar-refractivity contribution in [2.24, 2.45) is 4.99 Å². The number of hydrogen-bond acceptors (Lipinski definition) is 3. The fourth-order valence-corrected chi connectivity index (χ4v) is 2.58. The molecule has 1 aromatic carbocycles. The molecule has 0 spiro atoms. The van der Waals surface area contributed by atoms with E-state index in [1.807, 2.05) is 19.9 Å². The minimum Gasteiger partial charge on any atom is -0.293 e. The van der Waals surface area contributed by atoms with Gasteiger partial charge in [-0.05, 0) is 62.1 Å². The van der Waals surface area contributed by atoms with Crippen LogP contribution >= 0.6 is 0 Å². The monoisotopic (exact) mass is 326 g/mol. The van der Waals surface area contributed by atoms with Gasteiger partial charge in [0.25, 0.3) is 0 Å². The highest BCUT2D eigenvalue weighted by atomic mass is 19.1. The number of pyridine rings is 1. The number of aromatic nitrogens is 1. The van der Waals surface area contributed by atoms with E-state index in [4.69, 9.17) is 4.99 Å². The highest BCUT2D eigenvalue weighted by Crippen LogP contribution is 2.28. The lowest BCUT2D eigenvalue weighted by Crippen LogP contribution is -2.04. The lowest BCUT2D eigenvalue weighted by molar-refractivity contribution is 0.101. The first-order chi connectivity index (χ1) is 11.4. The summed E-state index contributed by atoms with van der Waals surface area (Å²) in [6.07, 6.45) is 2.82. The SMILES string of the molecule is CCCCc1cc(F)cc(C)c1N=C(C)c1cccc(C(C)=O)n1. The third-order valence-corrected chi connectivity index (χ3v) is 3.90. The molecule has 2 aromatic rings. The van der Waals surface area contributed by atoms with Crippen LogP contribution in [0.25, 0.3) is 0 Å². The zero-order valence-electron chi connectivity index (χ0n) is 14.7. The van der Waals surface area contributed by atoms with E-state index in [-0.39, 0.29) is 11.6 Å². The molecule has 0 saturated carbocycles. The zero-order valence-corrected chi connectivity index (χ0v) is 14.7. The highest BCUT2D eigenvalue weighted by molar-refractivity contribution is 6.00. The van der Waals surface area contributed by atoms with Crippen molar-refractivity contribution < 1.29 is 9.18 Å². The first-order valence-electron chi connectivity index (χ1n) is 8.25. The fraction of sp³-hybridized carbons (Fsp3) is 0.350. The fourth-order valence-electron chi connectivity index (χ4n) is 2.58. The van der Waals surface area contributed by atoms with Crippen molar-refractivity contribution in [3.63, 3.8) is 0 Å². The Hall–Kier alpha value is -2.36. The van der Waals surface area contributed by atoms with E-state index in [2.05, 4.69) is 11.9 Å². The van der Waals surface area contributed by atoms with Crippen LogP contribution in [0.4, 0.5) is 10.1 Å². The van der Waals surface area contributed by atoms with Crippen molar-refractivity contribution in [3.05, 3.63) is 58.7 Å². The Morgan fingerprint density at radius 2 is 1.92 bits per heavy atom. The van der Waals surface area contributed by atoms with Crippen molar-refractivity contribution in [1.82, 2.24) is 4.98 Å². The summed E-state index contributed by atoms with van der Waals surface area (Å²) in [7, 11) is 0. The Kier molecular flexibility index (Phi) is 5.96. The Morgan fingerprint density at radius 1 is 1.21 bits per heavy atom. The van der Waals surface area contributed by atoms with Gasteiger partial charge in [-0.2, -0.15) is 0 Å². The molecule has 126 valence electrons. The van der Waals surface area contributed by atoms with E-state index >= 15 is 0 Å². The molecular weight excluding hydrogens is 303 g/mol. The van der Waals surface area contributed by atoms with E-state index in [0.717, 1.165) is 36.1 Å². The van der Waals surface area contributed by atoms with Crippen LogP contribution in [0.1, 0.15) is 60.9 Å². The molecule has 0 aliphatic heterocycles. The second-order valence-electron chi connectivity index (χ2n) is 6.00. The second kappa shape index (κ2) is 7.95. The molecule has 0 amide bonds. The van der Waals surface area contributed by atoms with Crippen LogP contribution in [-0.2, 0) is 6.42 Å². The molecule has 0 aliphatic carbocycles. The molecule has 1 aromatic heterocycles. The first kappa shape index (κ1) is 18.0. The number of unbranched alkanes of at least 4 members (excludes halogenated alkanes) is 1. The lowest BCUT2D eigenvalue weighted by atomic mass is 10.0. The number of aliphatic imine (C=N–C) groups is 1. The zero-order chi connectivity index (χ0) is 17.7. The minimum absolute atomic E-state index is 0.0775. The molecule has 0 radical (unpaired) electrons. The molecular formula is C20H23FN2O. The molecule has 0 unspecified atom stereocenters. The van der Waals surface area contributed by atoms with Gasteiger partial charge in [0.05, 0.1) is 17.1 Å². The van der Waals surface area contributed by atoms with Crippen molar-refractivity contribution in [1.29, 1.82) is 0 Å². The maximum absolute atomic E-state index is 13.7. The molecule has 0 atom stereocenters. The molecule has 0 saturated heterocycles. The van der Waals surface area contributed by atoms with Gasteiger partial charge in [-0.15, -0.1) is 0 Å². The number of ketones is 1. The summed E-state index contributed by atoms with van der Waals surface area (Å²) in [6, 6.07) is 8.38. The summed E-state index contributed by atoms with van der Waals surface area (Å²) in [6.45, 7) is 7.33. The molecule has 0 N–H and O–H groups in total. The van der Waals surface area contributed by atoms with E-state index in [1.165, 1.54) is 13.0 Å². The van der Waals surface area contributed by atoms with Crippen LogP contribution in [0, 0.1) is 12.7 Å². The van der Waals surface area contributed by atoms with Gasteiger partial charge in [0.15, 0.2) is 5.78 Å². The Balaban J connectivity index is 2.46. The van der Waals surface area contributed by atoms with Crippen LogP contribution in [-0.4, -0.2) is 16.5 Å². The number of carbonyl (C=O) groups excluding carboxylic acids is 1. The lowest BCUT2D eigenvalue weighted by Gasteiger charge is -2.11. The summed E-state index contributed by atoms with van der Waals surface area (Å²) < 4.78 is 13.7. The molecule has 2 rings (SSSR count). The largest absolute Gasteiger partial charge is 0.293 e. The van der Waals surface area contributed by atoms with Gasteiger partial charge in [0.2, 0.25) is 0 Å². The van der Waals surface area contributed by atoms with Crippen molar-refractivity contribution in [2.45, 2.75) is 47.0 Å². The minimum atomic E-state index is -0.230. The van der Waals surface area contributed by atoms with Crippen molar-refractivity contribution in [3.8, 4) is 0 Å². The van der Waals surface area contributed by atoms with E-state index < -0.39 is 0 Å². The maximum atomic E-state index is 13.7. The number of rotatable bonds is 6. The Labute approximate surface area is 142 Å². The molecule has 4 heteroatoms. The molecule has 0 bridgehead atoms. The number of benzene rings is 1. The third-order valence-electron chi connectivity index (χ3n) is 3.90. The summed E-state index contributed by atoms with van der Waals surface area (Å²) in [5.74, 6) is -0.307. The van der Waals surface area contributed by atoms with E-state index in [0.29, 0.717) is 17.1 Å². The number of nitrogens with zero attached hydrogens (tertiary/aromatic N) is 2. The summed E-state index contributed by atoms with van der Waals surface area (Å²) in [5, 5.41) is 0. The molecule has 3 nitrogen and oxygen atoms in total. The smallest absolute Gasteiger partial charge is 0.178 e. The van der Waals surface area contributed by atoms with E-state index in [1.54, 1.807) is 18.2 Å². The van der Waals surface area contributed by atoms with Crippen LogP contribution in [0.5, 0.6) is 0 Å². The number of hydrogen-bond donors (Lipinski definition) is 0. The summed E-state index contributed by atoms with van der Waals surface area (Å²) >= 11 is 0. The van der Waals surface area contributed by atoms with Gasteiger partial charge in [0.1, 0.15) is 11.5 Å². The number of halogens is 1. The summed E-state index contributed by atoms with van der Waals surface area (Å²) in [4.78, 5) is 20.6. The molecule has 24 heavy (non-hydrogen) atoms. The Morgan fingerprint density at radius 3 is 2.58 bits per heavy atom. The quantitative estimate of drug-likeness (QED) is 0.540. The normalized spacial score (nSPS) is 11.6. The van der Waals surface area contributed by atoms with Crippen LogP contribution in [0.15, 0.2) is 35.3 Å². The van der Waals surface area contributed by atoms with Gasteiger partial charge >= 0.3 is 0 Å². The van der Waals surface area contributed by atoms with Crippen LogP contribution in [0.3, 0.4) is 0 Å². The maximum Gasteiger partial charge on any atom is 0.178 e. The van der Waals surface area contributed by atoms with E-state index in [9.17, 15) is 9.18 Å². The van der Waals surface area contributed by atoms with Crippen molar-refractivity contribution >= 4 is 17.2 Å². The predicted molar refractivity (Wildman–Crippen MR) is 95.9 cm³/mol. The van der Waals surface area contributed by atoms with Gasteiger partial charge in [0, 0.05) is 6.92 Å². The molecule has 0 fully saturated rings. The first-order valence-corrected chi connectivity index (χ1v) is 8.25. The van der Waals surface area contributed by atoms with Gasteiger partial charge < -0.3 is 0 Å². The molecule has 1 heterocycles. The van der Waals surface area contributed by atoms with Gasteiger partial charge in [-0.25, -0.2) is 9.37 Å². The third kappa shape index (κ3) is 4.34. The predicted octanol–water partition coefficient (Wildman–Crippen LogP) is 5.22. The van der Waals surface area contributed by atoms with Gasteiger partial charge in [-0.1, -0.05) is 19.4 Å². The van der Waals surface area contributed by atoms with Crippen LogP contribution in [0.2, 0.25) is 0 Å². The molecule has 0 aliphatic rings. The Bertz CT molecular complexity index is 781. The van der Waals surface area contributed by atoms with Crippen molar-refractivity contribution in [2.75, 3.05) is 0 Å². The second-order valence-corrected chi connectivity index (χ2v) is 6.00. The number of Topliss-reactive ketones (excluding diaryl/α,β-unsaturated/α-hetero) is 1. The average Bonchev–Trinajstić information content (AvgIpc) is 2.55. The number of carbonyl (C=O) groups is 1. The summed E-state index contributed by atoms with van der Waals surface area (Å²) in [5.41, 5.74) is 4.32. The average molecular weight is 326 g/mol. The number of aryl methyl sites for hydroxylation is 2. The van der Waals surface area contributed by atoms with Crippen LogP contribution < -0.4 is 0 Å². The topological polar surface area (TPSA) is 42.3 Å². The standard InChI is InChI=1S/C20H23FN2O/c1-5-6-8-16-12-17(21)11-13(2)20(16)22-14(3)18-9-7-10-19(23-18)15(4)24/h7,9-12H,5-6,8H2,1-4H3. The van der Waals surface area contributed by atoms with Gasteiger partial charge in [-0.3, -0.25) is 9.79 Å². The highest BCUT2D eigenvalue weighted by Gasteiger charge is 2.10.